The fraction of sp³-hybridized carbons (Fsp3) is 0.250. The zero-order valence-electron chi connectivity index (χ0n) is 15.4. The first-order valence-electron chi connectivity index (χ1n) is 8.86. The van der Waals surface area contributed by atoms with E-state index in [0.29, 0.717) is 25.1 Å². The van der Waals surface area contributed by atoms with Gasteiger partial charge in [0, 0.05) is 43.0 Å². The molecule has 144 valence electrons. The molecule has 3 heterocycles. The maximum Gasteiger partial charge on any atom is 0.268 e. The molecule has 1 aliphatic heterocycles. The van der Waals surface area contributed by atoms with Crippen molar-refractivity contribution in [3.8, 4) is 5.69 Å². The van der Waals surface area contributed by atoms with Crippen molar-refractivity contribution in [2.45, 2.75) is 26.8 Å². The zero-order valence-corrected chi connectivity index (χ0v) is 15.4. The van der Waals surface area contributed by atoms with Crippen LogP contribution in [0.15, 0.2) is 35.3 Å². The van der Waals surface area contributed by atoms with Gasteiger partial charge in [0.2, 0.25) is 0 Å². The average Bonchev–Trinajstić information content (AvgIpc) is 3.04. The number of hydrogen-bond donors (Lipinski definition) is 1. The van der Waals surface area contributed by atoms with Crippen LogP contribution in [0.1, 0.15) is 32.9 Å². The number of halogens is 2. The van der Waals surface area contributed by atoms with Gasteiger partial charge in [-0.05, 0) is 37.6 Å². The molecular formula is C20H18F2N4O2. The van der Waals surface area contributed by atoms with Gasteiger partial charge in [0.15, 0.2) is 0 Å². The summed E-state index contributed by atoms with van der Waals surface area (Å²) in [7, 11) is 0. The van der Waals surface area contributed by atoms with Gasteiger partial charge in [-0.1, -0.05) is 0 Å². The molecule has 0 saturated heterocycles. The number of aryl methyl sites for hydroxylation is 2. The third kappa shape index (κ3) is 2.90. The highest BCUT2D eigenvalue weighted by atomic mass is 19.1. The van der Waals surface area contributed by atoms with Gasteiger partial charge in [0.1, 0.15) is 17.2 Å². The second-order valence-corrected chi connectivity index (χ2v) is 6.90. The summed E-state index contributed by atoms with van der Waals surface area (Å²) >= 11 is 0. The number of aromatic nitrogens is 3. The van der Waals surface area contributed by atoms with E-state index in [9.17, 15) is 18.4 Å². The average molecular weight is 384 g/mol. The molecule has 0 atom stereocenters. The number of nitrogens with zero attached hydrogens (tertiary/aromatic N) is 3. The van der Waals surface area contributed by atoms with E-state index in [0.717, 1.165) is 39.7 Å². The lowest BCUT2D eigenvalue weighted by molar-refractivity contribution is 0.0731. The van der Waals surface area contributed by atoms with Crippen LogP contribution in [0.3, 0.4) is 0 Å². The minimum atomic E-state index is -0.748. The Kier molecular flexibility index (Phi) is 4.33. The van der Waals surface area contributed by atoms with Gasteiger partial charge in [0.25, 0.3) is 11.5 Å². The van der Waals surface area contributed by atoms with Crippen LogP contribution in [-0.2, 0) is 13.0 Å². The lowest BCUT2D eigenvalue weighted by Crippen LogP contribution is -2.40. The highest BCUT2D eigenvalue weighted by molar-refractivity contribution is 5.95. The maximum atomic E-state index is 14.2. The third-order valence-electron chi connectivity index (χ3n) is 5.10. The van der Waals surface area contributed by atoms with Crippen molar-refractivity contribution in [3.63, 3.8) is 0 Å². The smallest absolute Gasteiger partial charge is 0.268 e. The van der Waals surface area contributed by atoms with Gasteiger partial charge in [0.05, 0.1) is 11.4 Å². The number of H-pyrrole nitrogens is 1. The SMILES string of the molecule is Cc1ccn(-c2cc(F)ccc2F)c(=O)c1C(=O)N1CCc2n[nH]c(C)c2C1. The second kappa shape index (κ2) is 6.70. The Hall–Kier alpha value is -3.29. The monoisotopic (exact) mass is 384 g/mol. The van der Waals surface area contributed by atoms with Crippen molar-refractivity contribution in [1.29, 1.82) is 0 Å². The highest BCUT2D eigenvalue weighted by Crippen LogP contribution is 2.22. The summed E-state index contributed by atoms with van der Waals surface area (Å²) < 4.78 is 28.7. The Balaban J connectivity index is 1.76. The molecule has 1 amide bonds. The molecule has 0 spiro atoms. The van der Waals surface area contributed by atoms with Gasteiger partial charge in [-0.15, -0.1) is 0 Å². The predicted molar refractivity (Wildman–Crippen MR) is 98.5 cm³/mol. The standard InChI is InChI=1S/C20H18F2N4O2/c1-11-5-8-26(17-9-13(21)3-4-15(17)22)20(28)18(11)19(27)25-7-6-16-14(10-25)12(2)23-24-16/h3-5,8-9H,6-7,10H2,1-2H3,(H,23,24). The highest BCUT2D eigenvalue weighted by Gasteiger charge is 2.28. The molecule has 0 radical (unpaired) electrons. The number of hydrogen-bond acceptors (Lipinski definition) is 3. The van der Waals surface area contributed by atoms with Crippen molar-refractivity contribution in [2.75, 3.05) is 6.54 Å². The molecule has 0 saturated carbocycles. The van der Waals surface area contributed by atoms with Crippen LogP contribution in [0.4, 0.5) is 8.78 Å². The van der Waals surface area contributed by atoms with Crippen LogP contribution in [0.2, 0.25) is 0 Å². The summed E-state index contributed by atoms with van der Waals surface area (Å²) in [6.07, 6.45) is 1.94. The zero-order chi connectivity index (χ0) is 20.0. The van der Waals surface area contributed by atoms with E-state index >= 15 is 0 Å². The summed E-state index contributed by atoms with van der Waals surface area (Å²) in [5.74, 6) is -1.85. The second-order valence-electron chi connectivity index (χ2n) is 6.90. The first-order valence-corrected chi connectivity index (χ1v) is 8.86. The number of carbonyl (C=O) groups is 1. The summed E-state index contributed by atoms with van der Waals surface area (Å²) in [6, 6.07) is 4.41. The Labute approximate surface area is 159 Å². The number of pyridine rings is 1. The van der Waals surface area contributed by atoms with Gasteiger partial charge < -0.3 is 4.90 Å². The van der Waals surface area contributed by atoms with Crippen molar-refractivity contribution >= 4 is 5.91 Å². The van der Waals surface area contributed by atoms with Crippen LogP contribution in [0.5, 0.6) is 0 Å². The quantitative estimate of drug-likeness (QED) is 0.738. The molecule has 0 bridgehead atoms. The molecule has 1 aromatic carbocycles. The van der Waals surface area contributed by atoms with Crippen molar-refractivity contribution in [3.05, 3.63) is 80.5 Å². The lowest BCUT2D eigenvalue weighted by atomic mass is 10.0. The van der Waals surface area contributed by atoms with Crippen LogP contribution in [-0.4, -0.2) is 32.1 Å². The van der Waals surface area contributed by atoms with Crippen LogP contribution < -0.4 is 5.56 Å². The molecule has 28 heavy (non-hydrogen) atoms. The van der Waals surface area contributed by atoms with Crippen molar-refractivity contribution in [2.24, 2.45) is 0 Å². The number of benzene rings is 1. The molecule has 1 N–H and O–H groups in total. The minimum Gasteiger partial charge on any atom is -0.334 e. The fourth-order valence-corrected chi connectivity index (χ4v) is 3.51. The number of fused-ring (bicyclic) bond motifs is 1. The molecule has 4 rings (SSSR count). The van der Waals surface area contributed by atoms with Gasteiger partial charge in [-0.2, -0.15) is 5.10 Å². The number of aromatic amines is 1. The number of amides is 1. The molecular weight excluding hydrogens is 366 g/mol. The van der Waals surface area contributed by atoms with E-state index in [-0.39, 0.29) is 11.3 Å². The maximum absolute atomic E-state index is 14.2. The first kappa shape index (κ1) is 18.1. The molecule has 0 fully saturated rings. The van der Waals surface area contributed by atoms with E-state index in [1.807, 2.05) is 6.92 Å². The molecule has 2 aromatic heterocycles. The van der Waals surface area contributed by atoms with Crippen molar-refractivity contribution < 1.29 is 13.6 Å². The topological polar surface area (TPSA) is 71.0 Å². The first-order chi connectivity index (χ1) is 13.4. The van der Waals surface area contributed by atoms with Gasteiger partial charge in [-0.3, -0.25) is 19.3 Å². The Morgan fingerprint density at radius 2 is 2.00 bits per heavy atom. The van der Waals surface area contributed by atoms with Crippen LogP contribution in [0.25, 0.3) is 5.69 Å². The summed E-state index contributed by atoms with van der Waals surface area (Å²) in [5.41, 5.74) is 2.29. The fourth-order valence-electron chi connectivity index (χ4n) is 3.51. The number of nitrogens with one attached hydrogen (secondary N) is 1. The molecule has 0 aliphatic carbocycles. The minimum absolute atomic E-state index is 0.0456. The summed E-state index contributed by atoms with van der Waals surface area (Å²) in [5, 5.41) is 7.14. The van der Waals surface area contributed by atoms with E-state index in [1.165, 1.54) is 6.20 Å². The van der Waals surface area contributed by atoms with E-state index in [4.69, 9.17) is 0 Å². The van der Waals surface area contributed by atoms with Crippen LogP contribution in [0, 0.1) is 25.5 Å². The Bertz CT molecular complexity index is 1150. The normalized spacial score (nSPS) is 13.5. The summed E-state index contributed by atoms with van der Waals surface area (Å²) in [6.45, 7) is 4.31. The lowest BCUT2D eigenvalue weighted by Gasteiger charge is -2.27. The van der Waals surface area contributed by atoms with Crippen LogP contribution >= 0.6 is 0 Å². The third-order valence-corrected chi connectivity index (χ3v) is 5.10. The predicted octanol–water partition coefficient (Wildman–Crippen LogP) is 2.65. The Morgan fingerprint density at radius 1 is 1.21 bits per heavy atom. The van der Waals surface area contributed by atoms with E-state index < -0.39 is 23.1 Å². The molecule has 6 nitrogen and oxygen atoms in total. The molecule has 3 aromatic rings. The van der Waals surface area contributed by atoms with Gasteiger partial charge in [-0.25, -0.2) is 8.78 Å². The van der Waals surface area contributed by atoms with Crippen molar-refractivity contribution in [1.82, 2.24) is 19.7 Å². The number of carbonyl (C=O) groups excluding carboxylic acids is 1. The van der Waals surface area contributed by atoms with Gasteiger partial charge >= 0.3 is 0 Å². The molecule has 0 unspecified atom stereocenters. The molecule has 1 aliphatic rings. The number of rotatable bonds is 2. The summed E-state index contributed by atoms with van der Waals surface area (Å²) in [4.78, 5) is 27.7. The molecule has 8 heteroatoms. The van der Waals surface area contributed by atoms with E-state index in [2.05, 4.69) is 10.2 Å². The van der Waals surface area contributed by atoms with E-state index in [1.54, 1.807) is 17.9 Å². The largest absolute Gasteiger partial charge is 0.334 e. The Morgan fingerprint density at radius 3 is 2.79 bits per heavy atom.